The van der Waals surface area contributed by atoms with Crippen LogP contribution in [0.5, 0.6) is 0 Å². The Balaban J connectivity index is 1.71. The van der Waals surface area contributed by atoms with E-state index in [0.717, 1.165) is 29.3 Å². The van der Waals surface area contributed by atoms with E-state index in [1.807, 2.05) is 23.1 Å². The minimum absolute atomic E-state index is 0.188. The lowest BCUT2D eigenvalue weighted by Gasteiger charge is -2.29. The number of aromatic nitrogens is 2. The van der Waals surface area contributed by atoms with Gasteiger partial charge in [-0.05, 0) is 35.4 Å². The highest BCUT2D eigenvalue weighted by molar-refractivity contribution is 5.86. The van der Waals surface area contributed by atoms with Crippen LogP contribution < -0.4 is 10.2 Å². The maximum Gasteiger partial charge on any atom is 0.328 e. The Kier molecular flexibility index (Phi) is 6.74. The minimum atomic E-state index is -1.04. The van der Waals surface area contributed by atoms with E-state index >= 15 is 0 Å². The Labute approximate surface area is 193 Å². The zero-order chi connectivity index (χ0) is 24.1. The summed E-state index contributed by atoms with van der Waals surface area (Å²) in [7, 11) is 0. The van der Waals surface area contributed by atoms with E-state index in [0.29, 0.717) is 37.7 Å². The van der Waals surface area contributed by atoms with Crippen molar-refractivity contribution in [1.82, 2.24) is 9.97 Å². The second kappa shape index (κ2) is 10.0. The highest BCUT2D eigenvalue weighted by Gasteiger charge is 2.20. The molecule has 1 saturated heterocycles. The van der Waals surface area contributed by atoms with Crippen molar-refractivity contribution in [3.63, 3.8) is 0 Å². The van der Waals surface area contributed by atoms with Gasteiger partial charge < -0.3 is 20.1 Å². The molecule has 0 spiro atoms. The van der Waals surface area contributed by atoms with Crippen LogP contribution in [0, 0.1) is 15.9 Å². The van der Waals surface area contributed by atoms with Crippen LogP contribution in [0.4, 0.5) is 27.5 Å². The van der Waals surface area contributed by atoms with Gasteiger partial charge in [0.1, 0.15) is 5.82 Å². The first-order chi connectivity index (χ1) is 16.4. The summed E-state index contributed by atoms with van der Waals surface area (Å²) in [5, 5.41) is 22.9. The van der Waals surface area contributed by atoms with Crippen LogP contribution >= 0.6 is 0 Å². The highest BCUT2D eigenvalue weighted by Crippen LogP contribution is 2.32. The van der Waals surface area contributed by atoms with E-state index in [1.165, 1.54) is 12.1 Å². The van der Waals surface area contributed by atoms with Gasteiger partial charge in [0.25, 0.3) is 0 Å². The molecule has 3 aromatic rings. The number of aliphatic carboxylic acids is 1. The van der Waals surface area contributed by atoms with Gasteiger partial charge in [-0.25, -0.2) is 9.78 Å². The highest BCUT2D eigenvalue weighted by atomic mass is 19.1. The molecule has 0 saturated carbocycles. The standard InChI is InChI=1S/C23H20FN5O5/c24-19-6-5-17(13-20(19)29(32)33)26-23-25-14-18(22(27-23)28-8-10-34-11-9-28)16-3-1-2-15(12-16)4-7-21(30)31/h1-7,12-14H,8-11H2,(H,30,31)(H,25,26,27). The molecule has 0 atom stereocenters. The summed E-state index contributed by atoms with van der Waals surface area (Å²) < 4.78 is 19.1. The van der Waals surface area contributed by atoms with E-state index in [1.54, 1.807) is 12.3 Å². The number of morpholine rings is 1. The third kappa shape index (κ3) is 5.33. The summed E-state index contributed by atoms with van der Waals surface area (Å²) in [6, 6.07) is 10.8. The lowest BCUT2D eigenvalue weighted by atomic mass is 10.0. The van der Waals surface area contributed by atoms with Crippen LogP contribution in [0.3, 0.4) is 0 Å². The van der Waals surface area contributed by atoms with Crippen LogP contribution in [0.1, 0.15) is 5.56 Å². The van der Waals surface area contributed by atoms with Gasteiger partial charge in [-0.15, -0.1) is 0 Å². The number of nitrogens with one attached hydrogen (secondary N) is 1. The normalized spacial score (nSPS) is 13.7. The monoisotopic (exact) mass is 465 g/mol. The number of nitro benzene ring substituents is 1. The summed E-state index contributed by atoms with van der Waals surface area (Å²) in [5.74, 6) is -1.17. The van der Waals surface area contributed by atoms with Crippen LogP contribution in [-0.4, -0.2) is 52.3 Å². The minimum Gasteiger partial charge on any atom is -0.478 e. The first kappa shape index (κ1) is 22.8. The number of benzene rings is 2. The molecule has 10 nitrogen and oxygen atoms in total. The summed E-state index contributed by atoms with van der Waals surface area (Å²) in [4.78, 5) is 32.1. The molecule has 0 aliphatic carbocycles. The Morgan fingerprint density at radius 3 is 2.76 bits per heavy atom. The number of anilines is 3. The van der Waals surface area contributed by atoms with Crippen molar-refractivity contribution in [2.45, 2.75) is 0 Å². The molecule has 34 heavy (non-hydrogen) atoms. The largest absolute Gasteiger partial charge is 0.478 e. The summed E-state index contributed by atoms with van der Waals surface area (Å²) in [5.41, 5.74) is 1.84. The number of carboxylic acid groups (broad SMARTS) is 1. The molecular weight excluding hydrogens is 445 g/mol. The smallest absolute Gasteiger partial charge is 0.328 e. The van der Waals surface area contributed by atoms with Crippen molar-refractivity contribution in [2.24, 2.45) is 0 Å². The van der Waals surface area contributed by atoms with Gasteiger partial charge in [0.2, 0.25) is 11.8 Å². The first-order valence-corrected chi connectivity index (χ1v) is 10.3. The molecule has 0 amide bonds. The quantitative estimate of drug-likeness (QED) is 0.303. The molecule has 11 heteroatoms. The van der Waals surface area contributed by atoms with E-state index in [-0.39, 0.29) is 11.6 Å². The Morgan fingerprint density at radius 2 is 2.03 bits per heavy atom. The van der Waals surface area contributed by atoms with Crippen LogP contribution in [-0.2, 0) is 9.53 Å². The fourth-order valence-corrected chi connectivity index (χ4v) is 3.49. The Bertz CT molecular complexity index is 1260. The molecular formula is C23H20FN5O5. The molecule has 1 aromatic heterocycles. The van der Waals surface area contributed by atoms with E-state index in [9.17, 15) is 19.3 Å². The summed E-state index contributed by atoms with van der Waals surface area (Å²) in [6.45, 7) is 2.25. The average Bonchev–Trinajstić information content (AvgIpc) is 2.84. The zero-order valence-electron chi connectivity index (χ0n) is 17.8. The van der Waals surface area contributed by atoms with Gasteiger partial charge in [-0.3, -0.25) is 10.1 Å². The number of nitro groups is 1. The third-order valence-corrected chi connectivity index (χ3v) is 5.09. The maximum absolute atomic E-state index is 13.7. The number of hydrogen-bond donors (Lipinski definition) is 2. The molecule has 2 N–H and O–H groups in total. The van der Waals surface area contributed by atoms with Crippen molar-refractivity contribution in [2.75, 3.05) is 36.5 Å². The number of halogens is 1. The number of rotatable bonds is 7. The predicted molar refractivity (Wildman–Crippen MR) is 124 cm³/mol. The van der Waals surface area contributed by atoms with E-state index in [4.69, 9.17) is 9.84 Å². The van der Waals surface area contributed by atoms with Gasteiger partial charge in [-0.2, -0.15) is 9.37 Å². The summed E-state index contributed by atoms with van der Waals surface area (Å²) in [6.07, 6.45) is 4.18. The predicted octanol–water partition coefficient (Wildman–Crippen LogP) is 3.87. The van der Waals surface area contributed by atoms with E-state index in [2.05, 4.69) is 15.3 Å². The number of ether oxygens (including phenoxy) is 1. The Morgan fingerprint density at radius 1 is 1.24 bits per heavy atom. The van der Waals surface area contributed by atoms with Crippen LogP contribution in [0.2, 0.25) is 0 Å². The van der Waals surface area contributed by atoms with Gasteiger partial charge in [0, 0.05) is 42.7 Å². The fourth-order valence-electron chi connectivity index (χ4n) is 3.49. The average molecular weight is 465 g/mol. The number of carboxylic acids is 1. The van der Waals surface area contributed by atoms with Crippen molar-refractivity contribution in [3.8, 4) is 11.1 Å². The first-order valence-electron chi connectivity index (χ1n) is 10.3. The number of nitrogens with zero attached hydrogens (tertiary/aromatic N) is 4. The zero-order valence-corrected chi connectivity index (χ0v) is 17.8. The molecule has 2 heterocycles. The Hall–Kier alpha value is -4.38. The second-order valence-electron chi connectivity index (χ2n) is 7.38. The van der Waals surface area contributed by atoms with E-state index < -0.39 is 22.4 Å². The molecule has 0 unspecified atom stereocenters. The molecule has 4 rings (SSSR count). The van der Waals surface area contributed by atoms with Crippen molar-refractivity contribution < 1.29 is 24.0 Å². The van der Waals surface area contributed by atoms with Crippen molar-refractivity contribution in [3.05, 3.63) is 76.2 Å². The van der Waals surface area contributed by atoms with Gasteiger partial charge >= 0.3 is 11.7 Å². The number of hydrogen-bond acceptors (Lipinski definition) is 8. The topological polar surface area (TPSA) is 131 Å². The third-order valence-electron chi connectivity index (χ3n) is 5.09. The van der Waals surface area contributed by atoms with Crippen molar-refractivity contribution in [1.29, 1.82) is 0 Å². The van der Waals surface area contributed by atoms with Gasteiger partial charge in [0.15, 0.2) is 0 Å². The number of carbonyl (C=O) groups is 1. The SMILES string of the molecule is O=C(O)C=Cc1cccc(-c2cnc(Nc3ccc(F)c([N+](=O)[O-])c3)nc2N2CCOCC2)c1. The molecule has 174 valence electrons. The van der Waals surface area contributed by atoms with Crippen molar-refractivity contribution >= 4 is 35.2 Å². The molecule has 2 aromatic carbocycles. The molecule has 0 radical (unpaired) electrons. The summed E-state index contributed by atoms with van der Waals surface area (Å²) >= 11 is 0. The van der Waals surface area contributed by atoms with Gasteiger partial charge in [-0.1, -0.05) is 18.2 Å². The maximum atomic E-state index is 13.7. The second-order valence-corrected chi connectivity index (χ2v) is 7.38. The lowest BCUT2D eigenvalue weighted by molar-refractivity contribution is -0.387. The molecule has 0 bridgehead atoms. The van der Waals surface area contributed by atoms with Crippen LogP contribution in [0.15, 0.2) is 54.7 Å². The fraction of sp³-hybridized carbons (Fsp3) is 0.174. The lowest BCUT2D eigenvalue weighted by Crippen LogP contribution is -2.37. The van der Waals surface area contributed by atoms with Crippen LogP contribution in [0.25, 0.3) is 17.2 Å². The molecule has 1 fully saturated rings. The molecule has 1 aliphatic rings. The molecule has 1 aliphatic heterocycles. The van der Waals surface area contributed by atoms with Gasteiger partial charge in [0.05, 0.1) is 18.1 Å².